The van der Waals surface area contributed by atoms with Crippen molar-refractivity contribution in [1.29, 1.82) is 0 Å². The average Bonchev–Trinajstić information content (AvgIpc) is 3.18. The first-order valence-electron chi connectivity index (χ1n) is 11.6. The molecule has 1 aliphatic rings. The fraction of sp³-hybridized carbons (Fsp3) is 0.0667. The minimum atomic E-state index is -0.481. The van der Waals surface area contributed by atoms with Crippen molar-refractivity contribution in [3.8, 4) is 11.1 Å². The lowest BCUT2D eigenvalue weighted by Gasteiger charge is -2.19. The summed E-state index contributed by atoms with van der Waals surface area (Å²) in [6.45, 7) is 1.88. The first kappa shape index (κ1) is 23.7. The molecule has 1 heterocycles. The van der Waals surface area contributed by atoms with E-state index in [1.165, 1.54) is 42.3 Å². The fourth-order valence-electron chi connectivity index (χ4n) is 4.41. The molecule has 182 valence electrons. The van der Waals surface area contributed by atoms with Crippen molar-refractivity contribution < 1.29 is 23.9 Å². The molecule has 0 bridgehead atoms. The molecule has 0 unspecified atom stereocenters. The summed E-state index contributed by atoms with van der Waals surface area (Å²) in [5, 5.41) is 2.74. The Kier molecular flexibility index (Phi) is 6.11. The Labute approximate surface area is 213 Å². The van der Waals surface area contributed by atoms with Crippen molar-refractivity contribution >= 4 is 35.1 Å². The number of benzene rings is 4. The van der Waals surface area contributed by atoms with Gasteiger partial charge in [0.2, 0.25) is 0 Å². The molecule has 0 aromatic heterocycles. The fourth-order valence-corrected chi connectivity index (χ4v) is 4.41. The van der Waals surface area contributed by atoms with Crippen LogP contribution in [0.2, 0.25) is 0 Å². The second-order valence-corrected chi connectivity index (χ2v) is 8.54. The van der Waals surface area contributed by atoms with Crippen LogP contribution in [0.25, 0.3) is 11.1 Å². The number of fused-ring (bicyclic) bond motifs is 1. The number of esters is 1. The van der Waals surface area contributed by atoms with E-state index in [4.69, 9.17) is 0 Å². The predicted octanol–water partition coefficient (Wildman–Crippen LogP) is 5.50. The monoisotopic (exact) mass is 490 g/mol. The number of amides is 3. The van der Waals surface area contributed by atoms with Gasteiger partial charge in [-0.05, 0) is 72.1 Å². The molecule has 3 amide bonds. The van der Waals surface area contributed by atoms with Crippen LogP contribution in [-0.4, -0.2) is 30.8 Å². The number of hydrogen-bond donors (Lipinski definition) is 1. The van der Waals surface area contributed by atoms with Crippen molar-refractivity contribution in [1.82, 2.24) is 0 Å². The van der Waals surface area contributed by atoms with E-state index in [1.54, 1.807) is 18.2 Å². The molecule has 5 rings (SSSR count). The van der Waals surface area contributed by atoms with E-state index in [-0.39, 0.29) is 16.7 Å². The van der Waals surface area contributed by atoms with Gasteiger partial charge in [-0.2, -0.15) is 0 Å². The number of methoxy groups -OCH3 is 1. The second-order valence-electron chi connectivity index (χ2n) is 8.54. The zero-order chi connectivity index (χ0) is 26.1. The summed E-state index contributed by atoms with van der Waals surface area (Å²) < 4.78 is 4.68. The van der Waals surface area contributed by atoms with Crippen LogP contribution in [0.1, 0.15) is 47.0 Å². The van der Waals surface area contributed by atoms with Crippen LogP contribution in [0.15, 0.2) is 91.0 Å². The predicted molar refractivity (Wildman–Crippen MR) is 140 cm³/mol. The summed E-state index contributed by atoms with van der Waals surface area (Å²) in [6, 6.07) is 25.9. The van der Waals surface area contributed by atoms with Crippen molar-refractivity contribution in [3.05, 3.63) is 119 Å². The van der Waals surface area contributed by atoms with Crippen LogP contribution in [0.3, 0.4) is 0 Å². The molecule has 0 aliphatic carbocycles. The summed E-state index contributed by atoms with van der Waals surface area (Å²) in [6.07, 6.45) is 0. The molecule has 4 aromatic rings. The van der Waals surface area contributed by atoms with Gasteiger partial charge in [-0.3, -0.25) is 14.4 Å². The van der Waals surface area contributed by atoms with E-state index in [2.05, 4.69) is 10.1 Å². The SMILES string of the molecule is COC(=O)c1ccc(NC(=O)c2ccc3c(c2)C(=O)N(c2cccc(-c4ccccc4)c2C)C3=O)cc1. The number of imide groups is 1. The standard InChI is InChI=1S/C30H22N2O5/c1-18-23(19-7-4-3-5-8-19)9-6-10-26(18)32-28(34)24-16-13-21(17-25(24)29(32)35)27(33)31-22-14-11-20(12-15-22)30(36)37-2/h3-17H,1-2H3,(H,31,33). The lowest BCUT2D eigenvalue weighted by molar-refractivity contribution is 0.0600. The molecule has 37 heavy (non-hydrogen) atoms. The highest BCUT2D eigenvalue weighted by molar-refractivity contribution is 6.35. The molecule has 0 radical (unpaired) electrons. The summed E-state index contributed by atoms with van der Waals surface area (Å²) in [5.74, 6) is -1.84. The Morgan fingerprint density at radius 1 is 0.730 bits per heavy atom. The van der Waals surface area contributed by atoms with Crippen molar-refractivity contribution in [2.24, 2.45) is 0 Å². The molecule has 1 aliphatic heterocycles. The van der Waals surface area contributed by atoms with Crippen molar-refractivity contribution in [2.45, 2.75) is 6.92 Å². The van der Waals surface area contributed by atoms with Crippen LogP contribution in [0, 0.1) is 6.92 Å². The second kappa shape index (κ2) is 9.54. The normalized spacial score (nSPS) is 12.3. The lowest BCUT2D eigenvalue weighted by atomic mass is 9.99. The average molecular weight is 491 g/mol. The van der Waals surface area contributed by atoms with Crippen LogP contribution < -0.4 is 10.2 Å². The zero-order valence-corrected chi connectivity index (χ0v) is 20.1. The minimum Gasteiger partial charge on any atom is -0.465 e. The Balaban J connectivity index is 1.41. The maximum atomic E-state index is 13.4. The largest absolute Gasteiger partial charge is 0.465 e. The lowest BCUT2D eigenvalue weighted by Crippen LogP contribution is -2.30. The molecule has 4 aromatic carbocycles. The van der Waals surface area contributed by atoms with E-state index in [0.717, 1.165) is 16.7 Å². The highest BCUT2D eigenvalue weighted by Crippen LogP contribution is 2.35. The first-order chi connectivity index (χ1) is 17.9. The number of anilines is 2. The van der Waals surface area contributed by atoms with Gasteiger partial charge in [-0.25, -0.2) is 9.69 Å². The number of carbonyl (C=O) groups excluding carboxylic acids is 4. The van der Waals surface area contributed by atoms with Gasteiger partial charge in [0, 0.05) is 11.3 Å². The molecule has 1 N–H and O–H groups in total. The number of rotatable bonds is 5. The van der Waals surface area contributed by atoms with Crippen LogP contribution in [-0.2, 0) is 4.74 Å². The van der Waals surface area contributed by atoms with Gasteiger partial charge >= 0.3 is 5.97 Å². The van der Waals surface area contributed by atoms with Crippen LogP contribution in [0.5, 0.6) is 0 Å². The number of hydrogen-bond acceptors (Lipinski definition) is 5. The van der Waals surface area contributed by atoms with Gasteiger partial charge < -0.3 is 10.1 Å². The van der Waals surface area contributed by atoms with Crippen molar-refractivity contribution in [3.63, 3.8) is 0 Å². The Bertz CT molecular complexity index is 1560. The van der Waals surface area contributed by atoms with Gasteiger partial charge in [-0.15, -0.1) is 0 Å². The van der Waals surface area contributed by atoms with Gasteiger partial charge in [-0.1, -0.05) is 42.5 Å². The van der Waals surface area contributed by atoms with Crippen LogP contribution in [0.4, 0.5) is 11.4 Å². The van der Waals surface area contributed by atoms with Gasteiger partial charge in [0.05, 0.1) is 29.5 Å². The molecule has 0 atom stereocenters. The maximum Gasteiger partial charge on any atom is 0.337 e. The topological polar surface area (TPSA) is 92.8 Å². The minimum absolute atomic E-state index is 0.170. The van der Waals surface area contributed by atoms with Gasteiger partial charge in [0.25, 0.3) is 17.7 Å². The first-order valence-corrected chi connectivity index (χ1v) is 11.6. The molecular formula is C30H22N2O5. The highest BCUT2D eigenvalue weighted by Gasteiger charge is 2.38. The summed E-state index contributed by atoms with van der Waals surface area (Å²) >= 11 is 0. The number of ether oxygens (including phenoxy) is 1. The number of nitrogens with zero attached hydrogens (tertiary/aromatic N) is 1. The van der Waals surface area contributed by atoms with E-state index in [0.29, 0.717) is 16.9 Å². The molecule has 0 fully saturated rings. The Hall–Kier alpha value is -5.04. The van der Waals surface area contributed by atoms with E-state index >= 15 is 0 Å². The van der Waals surface area contributed by atoms with Gasteiger partial charge in [0.15, 0.2) is 0 Å². The third-order valence-electron chi connectivity index (χ3n) is 6.34. The molecule has 0 spiro atoms. The summed E-state index contributed by atoms with van der Waals surface area (Å²) in [5.41, 5.74) is 4.68. The third-order valence-corrected chi connectivity index (χ3v) is 6.34. The molecule has 7 nitrogen and oxygen atoms in total. The molecule has 0 saturated carbocycles. The summed E-state index contributed by atoms with van der Waals surface area (Å²) in [7, 11) is 1.29. The summed E-state index contributed by atoms with van der Waals surface area (Å²) in [4.78, 5) is 52.3. The maximum absolute atomic E-state index is 13.4. The zero-order valence-electron chi connectivity index (χ0n) is 20.1. The molecule has 7 heteroatoms. The smallest absolute Gasteiger partial charge is 0.337 e. The van der Waals surface area contributed by atoms with E-state index < -0.39 is 23.7 Å². The van der Waals surface area contributed by atoms with Crippen LogP contribution >= 0.6 is 0 Å². The molecular weight excluding hydrogens is 468 g/mol. The Morgan fingerprint density at radius 3 is 2.11 bits per heavy atom. The number of carbonyl (C=O) groups is 4. The quantitative estimate of drug-likeness (QED) is 0.295. The van der Waals surface area contributed by atoms with E-state index in [9.17, 15) is 19.2 Å². The molecule has 0 saturated heterocycles. The van der Waals surface area contributed by atoms with Gasteiger partial charge in [0.1, 0.15) is 0 Å². The van der Waals surface area contributed by atoms with E-state index in [1.807, 2.05) is 49.4 Å². The highest BCUT2D eigenvalue weighted by atomic mass is 16.5. The number of nitrogens with one attached hydrogen (secondary N) is 1. The van der Waals surface area contributed by atoms with Crippen molar-refractivity contribution in [2.75, 3.05) is 17.3 Å². The third kappa shape index (κ3) is 4.27. The Morgan fingerprint density at radius 2 is 1.41 bits per heavy atom.